The SMILES string of the molecule is C[C@@H](OC[C@@H]1CO1)[C@@H]1COc2ccccc2O1. The van der Waals surface area contributed by atoms with Crippen LogP contribution in [0.15, 0.2) is 24.3 Å². The average molecular weight is 236 g/mol. The highest BCUT2D eigenvalue weighted by Crippen LogP contribution is 2.32. The third kappa shape index (κ3) is 2.53. The molecule has 0 saturated carbocycles. The molecule has 0 amide bonds. The molecule has 1 saturated heterocycles. The Morgan fingerprint density at radius 1 is 1.29 bits per heavy atom. The van der Waals surface area contributed by atoms with Gasteiger partial charge in [-0.05, 0) is 19.1 Å². The van der Waals surface area contributed by atoms with Crippen molar-refractivity contribution in [3.8, 4) is 11.5 Å². The van der Waals surface area contributed by atoms with Gasteiger partial charge in [-0.25, -0.2) is 0 Å². The Labute approximate surface area is 100 Å². The van der Waals surface area contributed by atoms with Crippen LogP contribution in [0.5, 0.6) is 11.5 Å². The minimum absolute atomic E-state index is 0.00700. The number of fused-ring (bicyclic) bond motifs is 1. The highest BCUT2D eigenvalue weighted by atomic mass is 16.6. The van der Waals surface area contributed by atoms with Crippen LogP contribution in [0.3, 0.4) is 0 Å². The first-order chi connectivity index (χ1) is 8.33. The van der Waals surface area contributed by atoms with Crippen LogP contribution in [0.4, 0.5) is 0 Å². The van der Waals surface area contributed by atoms with Crippen LogP contribution in [-0.2, 0) is 9.47 Å². The largest absolute Gasteiger partial charge is 0.486 e. The van der Waals surface area contributed by atoms with E-state index in [1.807, 2.05) is 31.2 Å². The Balaban J connectivity index is 1.58. The van der Waals surface area contributed by atoms with E-state index in [2.05, 4.69) is 0 Å². The predicted octanol–water partition coefficient (Wildman–Crippen LogP) is 1.63. The van der Waals surface area contributed by atoms with Gasteiger partial charge in [0.05, 0.1) is 19.3 Å². The van der Waals surface area contributed by atoms with E-state index in [1.165, 1.54) is 0 Å². The molecule has 0 unspecified atom stereocenters. The quantitative estimate of drug-likeness (QED) is 0.745. The third-order valence-corrected chi connectivity index (χ3v) is 3.00. The summed E-state index contributed by atoms with van der Waals surface area (Å²) in [6.07, 6.45) is 0.241. The lowest BCUT2D eigenvalue weighted by atomic mass is 10.2. The molecule has 3 rings (SSSR count). The Morgan fingerprint density at radius 2 is 2.06 bits per heavy atom. The Hall–Kier alpha value is -1.26. The molecule has 4 nitrogen and oxygen atoms in total. The molecule has 92 valence electrons. The normalized spacial score (nSPS) is 27.6. The first-order valence-corrected chi connectivity index (χ1v) is 5.94. The van der Waals surface area contributed by atoms with Crippen molar-refractivity contribution in [1.82, 2.24) is 0 Å². The standard InChI is InChI=1S/C13H16O4/c1-9(14-6-10-7-15-10)13-8-16-11-4-2-3-5-12(11)17-13/h2-5,9-10,13H,6-8H2,1H3/t9-,10-,13+/m1/s1. The Morgan fingerprint density at radius 3 is 2.82 bits per heavy atom. The summed E-state index contributed by atoms with van der Waals surface area (Å²) in [6, 6.07) is 7.70. The summed E-state index contributed by atoms with van der Waals surface area (Å²) in [7, 11) is 0. The Bertz CT molecular complexity index is 389. The second kappa shape index (κ2) is 4.55. The van der Waals surface area contributed by atoms with Gasteiger partial charge in [0, 0.05) is 0 Å². The van der Waals surface area contributed by atoms with E-state index in [-0.39, 0.29) is 18.3 Å². The fourth-order valence-corrected chi connectivity index (χ4v) is 1.80. The molecule has 0 aromatic heterocycles. The lowest BCUT2D eigenvalue weighted by Gasteiger charge is -2.30. The predicted molar refractivity (Wildman–Crippen MR) is 61.5 cm³/mol. The minimum atomic E-state index is -0.0522. The van der Waals surface area contributed by atoms with E-state index in [9.17, 15) is 0 Å². The lowest BCUT2D eigenvalue weighted by Crippen LogP contribution is -2.40. The summed E-state index contributed by atoms with van der Waals surface area (Å²) in [5.41, 5.74) is 0. The molecule has 2 heterocycles. The van der Waals surface area contributed by atoms with E-state index in [1.54, 1.807) is 0 Å². The van der Waals surface area contributed by atoms with Crippen molar-refractivity contribution >= 4 is 0 Å². The van der Waals surface area contributed by atoms with Gasteiger partial charge < -0.3 is 18.9 Å². The second-order valence-electron chi connectivity index (χ2n) is 4.41. The highest BCUT2D eigenvalue weighted by molar-refractivity contribution is 5.40. The van der Waals surface area contributed by atoms with Crippen LogP contribution in [0.25, 0.3) is 0 Å². The van der Waals surface area contributed by atoms with Crippen LogP contribution < -0.4 is 9.47 Å². The van der Waals surface area contributed by atoms with Gasteiger partial charge in [0.25, 0.3) is 0 Å². The third-order valence-electron chi connectivity index (χ3n) is 3.00. The maximum absolute atomic E-state index is 5.86. The topological polar surface area (TPSA) is 40.2 Å². The number of rotatable bonds is 4. The molecule has 0 spiro atoms. The van der Waals surface area contributed by atoms with Crippen molar-refractivity contribution in [3.05, 3.63) is 24.3 Å². The summed E-state index contributed by atoms with van der Waals surface area (Å²) >= 11 is 0. The molecule has 17 heavy (non-hydrogen) atoms. The number of para-hydroxylation sites is 2. The van der Waals surface area contributed by atoms with Crippen molar-refractivity contribution < 1.29 is 18.9 Å². The zero-order valence-electron chi connectivity index (χ0n) is 9.80. The molecule has 0 bridgehead atoms. The van der Waals surface area contributed by atoms with Crippen molar-refractivity contribution in [1.29, 1.82) is 0 Å². The number of hydrogen-bond acceptors (Lipinski definition) is 4. The van der Waals surface area contributed by atoms with Gasteiger partial charge in [0.15, 0.2) is 17.6 Å². The zero-order chi connectivity index (χ0) is 11.7. The average Bonchev–Trinajstić information content (AvgIpc) is 3.19. The van der Waals surface area contributed by atoms with E-state index in [0.717, 1.165) is 18.1 Å². The Kier molecular flexibility index (Phi) is 2.91. The zero-order valence-corrected chi connectivity index (χ0v) is 9.80. The molecule has 1 aromatic rings. The molecule has 1 fully saturated rings. The van der Waals surface area contributed by atoms with Crippen LogP contribution >= 0.6 is 0 Å². The summed E-state index contributed by atoms with van der Waals surface area (Å²) in [6.45, 7) is 3.99. The summed E-state index contributed by atoms with van der Waals surface area (Å²) in [5, 5.41) is 0. The summed E-state index contributed by atoms with van der Waals surface area (Å²) in [4.78, 5) is 0. The van der Waals surface area contributed by atoms with Crippen LogP contribution in [0, 0.1) is 0 Å². The molecule has 3 atom stereocenters. The molecule has 2 aliphatic rings. The van der Waals surface area contributed by atoms with Gasteiger partial charge in [-0.2, -0.15) is 0 Å². The molecule has 0 radical (unpaired) electrons. The number of hydrogen-bond donors (Lipinski definition) is 0. The fraction of sp³-hybridized carbons (Fsp3) is 0.538. The van der Waals surface area contributed by atoms with Crippen molar-refractivity contribution in [2.24, 2.45) is 0 Å². The van der Waals surface area contributed by atoms with E-state index >= 15 is 0 Å². The second-order valence-corrected chi connectivity index (χ2v) is 4.41. The van der Waals surface area contributed by atoms with Crippen molar-refractivity contribution in [2.75, 3.05) is 19.8 Å². The summed E-state index contributed by atoms with van der Waals surface area (Å²) < 4.78 is 22.3. The van der Waals surface area contributed by atoms with Crippen molar-refractivity contribution in [3.63, 3.8) is 0 Å². The van der Waals surface area contributed by atoms with Crippen LogP contribution in [0.1, 0.15) is 6.92 Å². The van der Waals surface area contributed by atoms with Gasteiger partial charge in [-0.1, -0.05) is 12.1 Å². The lowest BCUT2D eigenvalue weighted by molar-refractivity contribution is -0.0475. The first kappa shape index (κ1) is 10.9. The molecule has 0 aliphatic carbocycles. The maximum Gasteiger partial charge on any atom is 0.161 e. The smallest absolute Gasteiger partial charge is 0.161 e. The fourth-order valence-electron chi connectivity index (χ4n) is 1.80. The van der Waals surface area contributed by atoms with Crippen LogP contribution in [-0.4, -0.2) is 38.1 Å². The van der Waals surface area contributed by atoms with Gasteiger partial charge >= 0.3 is 0 Å². The van der Waals surface area contributed by atoms with E-state index < -0.39 is 0 Å². The van der Waals surface area contributed by atoms with E-state index in [4.69, 9.17) is 18.9 Å². The number of ether oxygens (including phenoxy) is 4. The molecule has 4 heteroatoms. The first-order valence-electron chi connectivity index (χ1n) is 5.94. The molecular weight excluding hydrogens is 220 g/mol. The van der Waals surface area contributed by atoms with Gasteiger partial charge in [0.2, 0.25) is 0 Å². The molecule has 1 aromatic carbocycles. The van der Waals surface area contributed by atoms with Crippen molar-refractivity contribution in [2.45, 2.75) is 25.2 Å². The van der Waals surface area contributed by atoms with E-state index in [0.29, 0.717) is 13.2 Å². The van der Waals surface area contributed by atoms with Gasteiger partial charge in [0.1, 0.15) is 12.7 Å². The van der Waals surface area contributed by atoms with Gasteiger partial charge in [-0.15, -0.1) is 0 Å². The summed E-state index contributed by atoms with van der Waals surface area (Å²) in [5.74, 6) is 1.60. The monoisotopic (exact) mass is 236 g/mol. The minimum Gasteiger partial charge on any atom is -0.486 e. The molecule has 2 aliphatic heterocycles. The number of benzene rings is 1. The number of epoxide rings is 1. The maximum atomic E-state index is 5.86. The molecular formula is C13H16O4. The van der Waals surface area contributed by atoms with Gasteiger partial charge in [-0.3, -0.25) is 0 Å². The van der Waals surface area contributed by atoms with Crippen LogP contribution in [0.2, 0.25) is 0 Å². The highest BCUT2D eigenvalue weighted by Gasteiger charge is 2.29. The molecule has 0 N–H and O–H groups in total.